The Morgan fingerprint density at radius 2 is 1.93 bits per heavy atom. The second-order valence-corrected chi connectivity index (χ2v) is 4.81. The minimum atomic E-state index is -4.00. The van der Waals surface area contributed by atoms with Gasteiger partial charge in [-0.3, -0.25) is 9.04 Å². The van der Waals surface area contributed by atoms with Crippen LogP contribution < -0.4 is 29.6 Å². The zero-order valence-electron chi connectivity index (χ0n) is 8.73. The Kier molecular flexibility index (Phi) is 7.15. The molecule has 0 aromatic rings. The molecule has 5 nitrogen and oxygen atoms in total. The fourth-order valence-electron chi connectivity index (χ4n) is 0.701. The number of quaternary nitrogens is 1. The molecule has 1 N–H and O–H groups in total. The molecule has 0 saturated carbocycles. The Hall–Kier alpha value is 0.280. The van der Waals surface area contributed by atoms with Crippen molar-refractivity contribution in [1.29, 1.82) is 0 Å². The minimum Gasteiger partial charge on any atom is -0.285 e. The van der Waals surface area contributed by atoms with Crippen LogP contribution in [0.1, 0.15) is 0 Å². The first-order valence-corrected chi connectivity index (χ1v) is 5.25. The third-order valence-corrected chi connectivity index (χ3v) is 2.38. The molecule has 0 unspecified atom stereocenters. The molecule has 0 rings (SSSR count). The van der Waals surface area contributed by atoms with Crippen molar-refractivity contribution >= 4 is 16.0 Å². The second kappa shape index (κ2) is 5.99. The van der Waals surface area contributed by atoms with Crippen molar-refractivity contribution < 1.29 is 51.8 Å². The maximum absolute atomic E-state index is 11.1. The molecule has 0 radical (unpaired) electrons. The first-order chi connectivity index (χ1) is 5.69. The average molecular weight is 231 g/mol. The summed E-state index contributed by atoms with van der Waals surface area (Å²) in [4.78, 5) is 11.1. The summed E-state index contributed by atoms with van der Waals surface area (Å²) in [5.74, 6) is -0.719. The molecule has 0 spiro atoms. The number of hydrogen-bond acceptors (Lipinski definition) is 3. The van der Waals surface area contributed by atoms with Crippen LogP contribution in [0, 0.1) is 0 Å². The van der Waals surface area contributed by atoms with Crippen molar-refractivity contribution in [2.45, 2.75) is 0 Å². The second-order valence-electron chi connectivity index (χ2n) is 3.24. The van der Waals surface area contributed by atoms with Crippen LogP contribution in [0.15, 0.2) is 12.7 Å². The van der Waals surface area contributed by atoms with E-state index in [9.17, 15) is 13.2 Å². The van der Waals surface area contributed by atoms with Gasteiger partial charge in [0.15, 0.2) is 0 Å². The molecule has 0 atom stereocenters. The zero-order valence-corrected chi connectivity index (χ0v) is 11.5. The van der Waals surface area contributed by atoms with Gasteiger partial charge in [-0.05, 0) is 0 Å². The molecular formula is C7H14NNaO4S+2. The molecule has 14 heavy (non-hydrogen) atoms. The van der Waals surface area contributed by atoms with E-state index in [-0.39, 0.29) is 46.5 Å². The summed E-state index contributed by atoms with van der Waals surface area (Å²) in [6, 6.07) is 0. The van der Waals surface area contributed by atoms with Gasteiger partial charge in [-0.15, -0.1) is 0 Å². The molecule has 0 bridgehead atoms. The summed E-state index contributed by atoms with van der Waals surface area (Å²) in [5, 5.41) is 0. The van der Waals surface area contributed by atoms with Gasteiger partial charge in [-0.2, -0.15) is 8.42 Å². The summed E-state index contributed by atoms with van der Waals surface area (Å²) in [6.45, 7) is 3.33. The van der Waals surface area contributed by atoms with E-state index in [2.05, 4.69) is 6.58 Å². The van der Waals surface area contributed by atoms with Crippen molar-refractivity contribution in [3.05, 3.63) is 12.7 Å². The Morgan fingerprint density at radius 3 is 2.21 bits per heavy atom. The number of nitrogens with zero attached hydrogens (tertiary/aromatic N) is 1. The van der Waals surface area contributed by atoms with Crippen molar-refractivity contribution in [2.75, 3.05) is 26.4 Å². The van der Waals surface area contributed by atoms with Crippen molar-refractivity contribution in [2.24, 2.45) is 0 Å². The molecule has 0 aliphatic rings. The number of carbonyl (C=O) groups excluding carboxylic acids is 1. The predicted octanol–water partition coefficient (Wildman–Crippen LogP) is -3.33. The Labute approximate surface area is 106 Å². The van der Waals surface area contributed by atoms with Gasteiger partial charge in [0.2, 0.25) is 0 Å². The molecule has 0 aromatic heterocycles. The van der Waals surface area contributed by atoms with Gasteiger partial charge >= 0.3 is 35.5 Å². The third-order valence-electron chi connectivity index (χ3n) is 1.68. The molecule has 1 amide bonds. The number of likely N-dealkylation sites (N-methyl/N-ethyl adjacent to an activating group) is 1. The van der Waals surface area contributed by atoms with Crippen LogP contribution in [0.25, 0.3) is 0 Å². The number of rotatable bonds is 4. The van der Waals surface area contributed by atoms with Crippen LogP contribution in [-0.4, -0.2) is 49.8 Å². The fourth-order valence-corrected chi connectivity index (χ4v) is 1.39. The molecule has 0 aliphatic carbocycles. The minimum absolute atomic E-state index is 0. The van der Waals surface area contributed by atoms with Gasteiger partial charge in [0.1, 0.15) is 12.3 Å². The van der Waals surface area contributed by atoms with E-state index in [1.54, 1.807) is 14.1 Å². The fraction of sp³-hybridized carbons (Fsp3) is 0.571. The SMILES string of the molecule is C=CC(=O)[N+](C)(C)CCS(=O)(=O)O.[Na+]. The maximum Gasteiger partial charge on any atom is 1.00 e. The third kappa shape index (κ3) is 6.69. The van der Waals surface area contributed by atoms with Crippen LogP contribution in [0.4, 0.5) is 0 Å². The van der Waals surface area contributed by atoms with Crippen LogP contribution in [-0.2, 0) is 14.9 Å². The van der Waals surface area contributed by atoms with Crippen LogP contribution in [0.3, 0.4) is 0 Å². The summed E-state index contributed by atoms with van der Waals surface area (Å²) in [5.41, 5.74) is 0. The summed E-state index contributed by atoms with van der Waals surface area (Å²) in [6.07, 6.45) is 1.13. The summed E-state index contributed by atoms with van der Waals surface area (Å²) in [7, 11) is -0.900. The van der Waals surface area contributed by atoms with Gasteiger partial charge in [0.25, 0.3) is 10.1 Å². The molecule has 0 fully saturated rings. The standard InChI is InChI=1S/C7H13NO4S.Na/c1-4-7(9)8(2,3)5-6-13(10,11)12;/h4H,1,5-6H2,2-3H3;/q;+1/p+1. The van der Waals surface area contributed by atoms with E-state index in [0.717, 1.165) is 6.08 Å². The number of carbonyl (C=O) groups is 1. The van der Waals surface area contributed by atoms with Gasteiger partial charge < -0.3 is 0 Å². The van der Waals surface area contributed by atoms with Crippen LogP contribution >= 0.6 is 0 Å². The maximum atomic E-state index is 11.1. The zero-order chi connectivity index (χ0) is 10.7. The normalized spacial score (nSPS) is 11.6. The van der Waals surface area contributed by atoms with E-state index in [1.165, 1.54) is 0 Å². The molecule has 76 valence electrons. The van der Waals surface area contributed by atoms with Crippen LogP contribution in [0.5, 0.6) is 0 Å². The molecule has 0 heterocycles. The molecule has 0 aromatic carbocycles. The van der Waals surface area contributed by atoms with E-state index < -0.39 is 15.9 Å². The quantitative estimate of drug-likeness (QED) is 0.238. The van der Waals surface area contributed by atoms with Gasteiger partial charge in [-0.25, -0.2) is 4.79 Å². The largest absolute Gasteiger partial charge is 1.00 e. The monoisotopic (exact) mass is 231 g/mol. The average Bonchev–Trinajstić information content (AvgIpc) is 1.98. The molecule has 0 aliphatic heterocycles. The van der Waals surface area contributed by atoms with Gasteiger partial charge in [-0.1, -0.05) is 6.58 Å². The topological polar surface area (TPSA) is 71.4 Å². The van der Waals surface area contributed by atoms with E-state index in [1.807, 2.05) is 0 Å². The molecule has 7 heteroatoms. The van der Waals surface area contributed by atoms with Crippen LogP contribution in [0.2, 0.25) is 0 Å². The Balaban J connectivity index is 0. The number of amides is 1. The first-order valence-electron chi connectivity index (χ1n) is 3.64. The Morgan fingerprint density at radius 1 is 1.50 bits per heavy atom. The Bertz CT molecular complexity index is 310. The van der Waals surface area contributed by atoms with E-state index >= 15 is 0 Å². The first kappa shape index (κ1) is 16.7. The van der Waals surface area contributed by atoms with Crippen molar-refractivity contribution in [1.82, 2.24) is 0 Å². The predicted molar refractivity (Wildman–Crippen MR) is 48.6 cm³/mol. The van der Waals surface area contributed by atoms with Gasteiger partial charge in [0, 0.05) is 6.08 Å². The number of hydrogen-bond donors (Lipinski definition) is 1. The van der Waals surface area contributed by atoms with Gasteiger partial charge in [0.05, 0.1) is 14.1 Å². The summed E-state index contributed by atoms with van der Waals surface area (Å²) < 4.78 is 29.1. The van der Waals surface area contributed by atoms with Crippen molar-refractivity contribution in [3.8, 4) is 0 Å². The smallest absolute Gasteiger partial charge is 0.285 e. The molecule has 0 saturated heterocycles. The molecular weight excluding hydrogens is 217 g/mol. The van der Waals surface area contributed by atoms with E-state index in [4.69, 9.17) is 4.55 Å². The van der Waals surface area contributed by atoms with Crippen molar-refractivity contribution in [3.63, 3.8) is 0 Å². The summed E-state index contributed by atoms with van der Waals surface area (Å²) >= 11 is 0. The van der Waals surface area contributed by atoms with E-state index in [0.29, 0.717) is 0 Å².